The molecule has 1 aliphatic rings. The molecule has 29 heavy (non-hydrogen) atoms. The molecule has 4 rings (SSSR count). The summed E-state index contributed by atoms with van der Waals surface area (Å²) in [5.74, 6) is -0.452. The maximum absolute atomic E-state index is 12.6. The average molecular weight is 406 g/mol. The van der Waals surface area contributed by atoms with E-state index < -0.39 is 4.92 Å². The third-order valence-corrected chi connectivity index (χ3v) is 5.25. The summed E-state index contributed by atoms with van der Waals surface area (Å²) in [6, 6.07) is 16.4. The van der Waals surface area contributed by atoms with Gasteiger partial charge in [-0.25, -0.2) is 0 Å². The summed E-state index contributed by atoms with van der Waals surface area (Å²) in [5.41, 5.74) is 0.866. The van der Waals surface area contributed by atoms with E-state index in [1.807, 2.05) is 42.5 Å². The van der Waals surface area contributed by atoms with Crippen molar-refractivity contribution in [2.75, 3.05) is 0 Å². The van der Waals surface area contributed by atoms with Gasteiger partial charge in [-0.05, 0) is 52.4 Å². The van der Waals surface area contributed by atoms with Gasteiger partial charge < -0.3 is 4.42 Å². The maximum Gasteiger partial charge on any atom is 0.433 e. The summed E-state index contributed by atoms with van der Waals surface area (Å²) in [6.45, 7) is 0.195. The Kier molecular flexibility index (Phi) is 5.01. The molecule has 144 valence electrons. The molecule has 2 aromatic carbocycles. The number of rotatable bonds is 5. The van der Waals surface area contributed by atoms with E-state index in [-0.39, 0.29) is 34.2 Å². The first kappa shape index (κ1) is 18.7. The highest BCUT2D eigenvalue weighted by Crippen LogP contribution is 2.32. The minimum atomic E-state index is -0.629. The Hall–Kier alpha value is -3.65. The van der Waals surface area contributed by atoms with Gasteiger partial charge in [-0.1, -0.05) is 42.5 Å². The third-order valence-electron chi connectivity index (χ3n) is 4.33. The van der Waals surface area contributed by atoms with Gasteiger partial charge in [0.2, 0.25) is 0 Å². The van der Waals surface area contributed by atoms with Crippen LogP contribution in [0.5, 0.6) is 0 Å². The van der Waals surface area contributed by atoms with Crippen molar-refractivity contribution in [3.63, 3.8) is 0 Å². The van der Waals surface area contributed by atoms with Gasteiger partial charge in [-0.3, -0.25) is 24.6 Å². The predicted octanol–water partition coefficient (Wildman–Crippen LogP) is 5.13. The van der Waals surface area contributed by atoms with Crippen molar-refractivity contribution in [2.24, 2.45) is 0 Å². The van der Waals surface area contributed by atoms with Crippen LogP contribution in [0.4, 0.5) is 10.7 Å². The first-order valence-corrected chi connectivity index (χ1v) is 9.47. The number of carbonyl (C=O) groups is 2. The number of fused-ring (bicyclic) bond motifs is 1. The molecule has 0 saturated carbocycles. The van der Waals surface area contributed by atoms with Crippen LogP contribution in [0.1, 0.15) is 11.3 Å². The van der Waals surface area contributed by atoms with E-state index in [1.54, 1.807) is 0 Å². The molecule has 7 nitrogen and oxygen atoms in total. The molecule has 0 aliphatic carbocycles. The number of hydrogen-bond acceptors (Lipinski definition) is 6. The number of hydrogen-bond donors (Lipinski definition) is 0. The van der Waals surface area contributed by atoms with Crippen molar-refractivity contribution in [3.05, 3.63) is 93.1 Å². The largest absolute Gasteiger partial charge is 0.433 e. The van der Waals surface area contributed by atoms with Gasteiger partial charge in [0.05, 0.1) is 17.5 Å². The minimum Gasteiger partial charge on any atom is -0.401 e. The minimum absolute atomic E-state index is 0.195. The molecular weight excluding hydrogens is 392 g/mol. The molecule has 0 spiro atoms. The molecule has 1 saturated heterocycles. The standard InChI is InChI=1S/C21H14N2O5S/c24-20-18(7-3-6-17-10-11-19(28-17)23(26)27)29-21(25)22(20)13-14-8-9-15-4-1-2-5-16(15)12-14/h1-12H,13H2/b6-3+,18-7-. The number of imide groups is 1. The van der Waals surface area contributed by atoms with Gasteiger partial charge in [-0.2, -0.15) is 0 Å². The molecule has 2 heterocycles. The van der Waals surface area contributed by atoms with Crippen LogP contribution in [0.2, 0.25) is 0 Å². The van der Waals surface area contributed by atoms with Crippen LogP contribution in [0.25, 0.3) is 16.8 Å². The van der Waals surface area contributed by atoms with Crippen molar-refractivity contribution in [1.82, 2.24) is 4.90 Å². The van der Waals surface area contributed by atoms with Gasteiger partial charge in [0.15, 0.2) is 0 Å². The van der Waals surface area contributed by atoms with Crippen molar-refractivity contribution < 1.29 is 18.9 Å². The van der Waals surface area contributed by atoms with Crippen molar-refractivity contribution in [2.45, 2.75) is 6.54 Å². The second-order valence-electron chi connectivity index (χ2n) is 6.26. The van der Waals surface area contributed by atoms with Crippen LogP contribution in [0.3, 0.4) is 0 Å². The molecule has 0 N–H and O–H groups in total. The lowest BCUT2D eigenvalue weighted by atomic mass is 10.1. The second kappa shape index (κ2) is 7.76. The zero-order valence-corrected chi connectivity index (χ0v) is 15.8. The number of thioether (sulfide) groups is 1. The normalized spacial score (nSPS) is 15.9. The number of furan rings is 1. The Morgan fingerprint density at radius 2 is 1.86 bits per heavy atom. The van der Waals surface area contributed by atoms with Crippen molar-refractivity contribution in [3.8, 4) is 0 Å². The maximum atomic E-state index is 12.6. The quantitative estimate of drug-likeness (QED) is 0.331. The van der Waals surface area contributed by atoms with E-state index in [9.17, 15) is 19.7 Å². The summed E-state index contributed by atoms with van der Waals surface area (Å²) < 4.78 is 5.01. The molecule has 0 radical (unpaired) electrons. The Bertz CT molecular complexity index is 1190. The van der Waals surface area contributed by atoms with Crippen molar-refractivity contribution in [1.29, 1.82) is 0 Å². The van der Waals surface area contributed by atoms with E-state index in [4.69, 9.17) is 4.42 Å². The lowest BCUT2D eigenvalue weighted by molar-refractivity contribution is -0.402. The van der Waals surface area contributed by atoms with Crippen LogP contribution in [-0.4, -0.2) is 21.0 Å². The number of benzene rings is 2. The zero-order chi connectivity index (χ0) is 20.4. The van der Waals surface area contributed by atoms with Crippen LogP contribution < -0.4 is 0 Å². The lowest BCUT2D eigenvalue weighted by Crippen LogP contribution is -2.27. The molecule has 1 aliphatic heterocycles. The van der Waals surface area contributed by atoms with Gasteiger partial charge in [0.1, 0.15) is 10.7 Å². The van der Waals surface area contributed by atoms with Crippen LogP contribution in [0.15, 0.2) is 76.1 Å². The number of carbonyl (C=O) groups excluding carboxylic acids is 2. The van der Waals surface area contributed by atoms with Crippen molar-refractivity contribution >= 4 is 45.6 Å². The Labute approximate surface area is 169 Å². The van der Waals surface area contributed by atoms with Gasteiger partial charge in [0.25, 0.3) is 11.1 Å². The smallest absolute Gasteiger partial charge is 0.401 e. The summed E-state index contributed by atoms with van der Waals surface area (Å²) in [6.07, 6.45) is 4.51. The highest BCUT2D eigenvalue weighted by atomic mass is 32.2. The summed E-state index contributed by atoms with van der Waals surface area (Å²) in [4.78, 5) is 36.3. The molecule has 1 aromatic heterocycles. The molecule has 8 heteroatoms. The summed E-state index contributed by atoms with van der Waals surface area (Å²) >= 11 is 0.858. The molecule has 2 amide bonds. The average Bonchev–Trinajstić information content (AvgIpc) is 3.29. The molecule has 0 bridgehead atoms. The Morgan fingerprint density at radius 1 is 1.07 bits per heavy atom. The number of nitro groups is 1. The van der Waals surface area contributed by atoms with Gasteiger partial charge in [0, 0.05) is 0 Å². The lowest BCUT2D eigenvalue weighted by Gasteiger charge is -2.13. The van der Waals surface area contributed by atoms with Gasteiger partial charge >= 0.3 is 5.88 Å². The fourth-order valence-electron chi connectivity index (χ4n) is 2.93. The topological polar surface area (TPSA) is 93.7 Å². The predicted molar refractivity (Wildman–Crippen MR) is 110 cm³/mol. The van der Waals surface area contributed by atoms with Crippen LogP contribution >= 0.6 is 11.8 Å². The van der Waals surface area contributed by atoms with Gasteiger partial charge in [-0.15, -0.1) is 0 Å². The van der Waals surface area contributed by atoms with E-state index in [2.05, 4.69) is 0 Å². The molecule has 1 fully saturated rings. The van der Waals surface area contributed by atoms with E-state index in [0.717, 1.165) is 28.1 Å². The zero-order valence-electron chi connectivity index (χ0n) is 15.0. The molecular formula is C21H14N2O5S. The third kappa shape index (κ3) is 3.97. The van der Waals surface area contributed by atoms with E-state index >= 15 is 0 Å². The summed E-state index contributed by atoms with van der Waals surface area (Å²) in [7, 11) is 0. The Morgan fingerprint density at radius 3 is 2.62 bits per heavy atom. The van der Waals surface area contributed by atoms with Crippen LogP contribution in [-0.2, 0) is 11.3 Å². The fraction of sp³-hybridized carbons (Fsp3) is 0.0476. The summed E-state index contributed by atoms with van der Waals surface area (Å²) in [5, 5.41) is 12.4. The number of amides is 2. The van der Waals surface area contributed by atoms with E-state index in [1.165, 1.54) is 35.3 Å². The first-order valence-electron chi connectivity index (χ1n) is 8.65. The molecule has 0 unspecified atom stereocenters. The highest BCUT2D eigenvalue weighted by Gasteiger charge is 2.34. The van der Waals surface area contributed by atoms with E-state index in [0.29, 0.717) is 0 Å². The first-order chi connectivity index (χ1) is 14.0. The molecule has 3 aromatic rings. The fourth-order valence-corrected chi connectivity index (χ4v) is 3.72. The Balaban J connectivity index is 1.48. The highest BCUT2D eigenvalue weighted by molar-refractivity contribution is 8.18. The van der Waals surface area contributed by atoms with Crippen LogP contribution in [0, 0.1) is 10.1 Å². The number of allylic oxidation sites excluding steroid dienone is 2. The SMILES string of the molecule is O=C1S/C(=C\C=C\c2ccc([N+](=O)[O-])o2)C(=O)N1Cc1ccc2ccccc2c1. The second-order valence-corrected chi connectivity index (χ2v) is 7.26. The number of nitrogens with zero attached hydrogens (tertiary/aromatic N) is 2. The monoisotopic (exact) mass is 406 g/mol. The molecule has 0 atom stereocenters.